The van der Waals surface area contributed by atoms with Gasteiger partial charge in [0.2, 0.25) is 0 Å². The highest BCUT2D eigenvalue weighted by Gasteiger charge is 2.24. The summed E-state index contributed by atoms with van der Waals surface area (Å²) in [5.41, 5.74) is 19.0. The molecule has 2 aliphatic rings. The number of phenols is 2. The van der Waals surface area contributed by atoms with Crippen molar-refractivity contribution in [2.45, 2.75) is 95.7 Å². The number of aliphatic imine (C=N–C) groups is 1. The van der Waals surface area contributed by atoms with Crippen LogP contribution < -0.4 is 21.3 Å². The van der Waals surface area contributed by atoms with Crippen molar-refractivity contribution in [2.24, 2.45) is 22.4 Å². The highest BCUT2D eigenvalue weighted by atomic mass is 16.5. The molecule has 312 valence electrons. The molecule has 0 aromatic heterocycles. The molecule has 0 fully saturated rings. The van der Waals surface area contributed by atoms with E-state index in [-0.39, 0.29) is 42.2 Å². The number of hydrogen-bond donors (Lipinski definition) is 5. The maximum Gasteiger partial charge on any atom is 0.161 e. The number of aromatic hydroxyl groups is 2. The number of carbonyl (C=O) groups is 1. The lowest BCUT2D eigenvalue weighted by molar-refractivity contribution is -0.307. The Balaban J connectivity index is 1.04. The molecular formula is C51H56N3O6-. The number of allylic oxidation sites excluding steroid dienone is 5. The molecule has 4 aromatic rings. The summed E-state index contributed by atoms with van der Waals surface area (Å²) < 4.78 is 6.06. The Kier molecular flexibility index (Phi) is 15.5. The van der Waals surface area contributed by atoms with Gasteiger partial charge in [0, 0.05) is 36.1 Å². The molecule has 1 aliphatic heterocycles. The van der Waals surface area contributed by atoms with Crippen LogP contribution in [0.25, 0.3) is 0 Å². The zero-order chi connectivity index (χ0) is 42.4. The van der Waals surface area contributed by atoms with Crippen LogP contribution in [0.2, 0.25) is 0 Å². The summed E-state index contributed by atoms with van der Waals surface area (Å²) in [6.45, 7) is 2.08. The molecule has 0 bridgehead atoms. The first-order valence-electron chi connectivity index (χ1n) is 21.0. The second kappa shape index (κ2) is 21.4. The molecule has 0 unspecified atom stereocenters. The van der Waals surface area contributed by atoms with E-state index in [0.29, 0.717) is 65.3 Å². The predicted octanol–water partition coefficient (Wildman–Crippen LogP) is 7.74. The van der Waals surface area contributed by atoms with Crippen molar-refractivity contribution in [3.05, 3.63) is 160 Å². The lowest BCUT2D eigenvalue weighted by atomic mass is 9.82. The minimum atomic E-state index is -0.699. The third-order valence-electron chi connectivity index (χ3n) is 11.2. The largest absolute Gasteiger partial charge is 0.875 e. The fraction of sp³-hybridized carbons (Fsp3) is 0.333. The number of rotatable bonds is 19. The summed E-state index contributed by atoms with van der Waals surface area (Å²) in [6.07, 6.45) is 13.2. The third-order valence-corrected chi connectivity index (χ3v) is 11.2. The van der Waals surface area contributed by atoms with Crippen LogP contribution in [0.5, 0.6) is 17.2 Å². The van der Waals surface area contributed by atoms with Gasteiger partial charge in [-0.25, -0.2) is 0 Å². The Hall–Kier alpha value is -5.92. The topological polar surface area (TPSA) is 174 Å². The number of ketones is 1. The van der Waals surface area contributed by atoms with E-state index in [1.165, 1.54) is 5.56 Å². The number of hydrogen-bond acceptors (Lipinski definition) is 9. The van der Waals surface area contributed by atoms with Gasteiger partial charge in [0.1, 0.15) is 5.75 Å². The normalized spacial score (nSPS) is 15.9. The molecule has 6 rings (SSSR count). The van der Waals surface area contributed by atoms with Gasteiger partial charge in [0.25, 0.3) is 0 Å². The summed E-state index contributed by atoms with van der Waals surface area (Å²) in [4.78, 5) is 17.1. The number of nitrogens with two attached hydrogens (primary N) is 2. The number of aliphatic hydroxyl groups is 1. The Morgan fingerprint density at radius 2 is 1.72 bits per heavy atom. The lowest BCUT2D eigenvalue weighted by Gasteiger charge is -2.27. The van der Waals surface area contributed by atoms with Crippen molar-refractivity contribution < 1.29 is 30.0 Å². The van der Waals surface area contributed by atoms with Crippen LogP contribution in [0.15, 0.2) is 126 Å². The average Bonchev–Trinajstić information content (AvgIpc) is 3.71. The average molecular weight is 807 g/mol. The summed E-state index contributed by atoms with van der Waals surface area (Å²) >= 11 is 0. The molecule has 1 heterocycles. The zero-order valence-corrected chi connectivity index (χ0v) is 34.4. The first-order valence-corrected chi connectivity index (χ1v) is 21.0. The number of benzene rings is 4. The third kappa shape index (κ3) is 12.3. The van der Waals surface area contributed by atoms with Crippen LogP contribution in [0.3, 0.4) is 0 Å². The van der Waals surface area contributed by atoms with E-state index < -0.39 is 12.1 Å². The van der Waals surface area contributed by atoms with E-state index in [4.69, 9.17) is 16.2 Å². The van der Waals surface area contributed by atoms with Crippen molar-refractivity contribution in [2.75, 3.05) is 6.61 Å². The van der Waals surface area contributed by atoms with E-state index in [9.17, 15) is 25.2 Å². The van der Waals surface area contributed by atoms with E-state index in [2.05, 4.69) is 41.1 Å². The SMILES string of the molecule is C[C@H](O)C[C@H](CCC/C=C/C(=O)CCc1ccc(O)c(OCCc2ccc(O)c([C@@H]3CC([O-])=C4C=CN=C4CC#Cc4cc(C(N)N)ccc43)c2)c1)CCc1ccccc1. The fourth-order valence-electron chi connectivity index (χ4n) is 7.98. The number of phenolic OH excluding ortho intramolecular Hbond substituents is 2. The molecule has 0 saturated heterocycles. The van der Waals surface area contributed by atoms with Gasteiger partial charge in [0.05, 0.1) is 31.0 Å². The van der Waals surface area contributed by atoms with E-state index in [1.807, 2.05) is 49.4 Å². The van der Waals surface area contributed by atoms with Crippen molar-refractivity contribution in [1.29, 1.82) is 0 Å². The van der Waals surface area contributed by atoms with E-state index in [0.717, 1.165) is 55.2 Å². The van der Waals surface area contributed by atoms with E-state index >= 15 is 0 Å². The highest BCUT2D eigenvalue weighted by Crippen LogP contribution is 2.39. The Labute approximate surface area is 353 Å². The zero-order valence-electron chi connectivity index (χ0n) is 34.4. The van der Waals surface area contributed by atoms with Gasteiger partial charge in [-0.3, -0.25) is 9.79 Å². The van der Waals surface area contributed by atoms with Crippen molar-refractivity contribution in [3.63, 3.8) is 0 Å². The summed E-state index contributed by atoms with van der Waals surface area (Å²) in [5, 5.41) is 45.6. The first kappa shape index (κ1) is 43.7. The minimum Gasteiger partial charge on any atom is -0.875 e. The number of unbranched alkanes of at least 4 members (excludes halogenated alkanes) is 1. The quantitative estimate of drug-likeness (QED) is 0.0277. The highest BCUT2D eigenvalue weighted by molar-refractivity contribution is 6.06. The van der Waals surface area contributed by atoms with Crippen LogP contribution in [0.4, 0.5) is 0 Å². The molecule has 60 heavy (non-hydrogen) atoms. The standard InChI is InChI=1S/C51H57N3O6/c1-34(55)29-36(16-15-35-9-4-2-5-10-35)11-6-3-7-13-41(56)21-17-37-19-24-48(58)50(31-37)60-28-26-38-18-23-47(57)45(30-38)44-33-49(59)43-25-27-54-46(43)14-8-12-39-32-40(51(52)53)20-22-42(39)44/h2,4-5,7,9-10,13,18-20,22-25,27,30-32,34,36,44,51,55,57-59H,3,6,11,14-17,21,26,28-29,33,52-53H2,1H3/p-1/b13-7+,49-43?/t34-,36+,44+/m0/s1. The predicted molar refractivity (Wildman–Crippen MR) is 235 cm³/mol. The first-order chi connectivity index (χ1) is 29.0. The number of ether oxygens (including phenoxy) is 1. The smallest absolute Gasteiger partial charge is 0.161 e. The van der Waals surface area contributed by atoms with Gasteiger partial charge < -0.3 is 36.6 Å². The van der Waals surface area contributed by atoms with Crippen molar-refractivity contribution >= 4 is 11.5 Å². The maximum absolute atomic E-state index is 13.7. The molecule has 3 atom stereocenters. The number of nitrogens with zero attached hydrogens (tertiary/aromatic N) is 1. The van der Waals surface area contributed by atoms with Crippen LogP contribution >= 0.6 is 0 Å². The summed E-state index contributed by atoms with van der Waals surface area (Å²) in [7, 11) is 0. The van der Waals surface area contributed by atoms with Crippen LogP contribution in [-0.4, -0.2) is 39.5 Å². The van der Waals surface area contributed by atoms with Gasteiger partial charge in [-0.1, -0.05) is 85.0 Å². The summed E-state index contributed by atoms with van der Waals surface area (Å²) in [6, 6.07) is 26.5. The molecule has 0 spiro atoms. The van der Waals surface area contributed by atoms with Gasteiger partial charge in [0.15, 0.2) is 17.3 Å². The van der Waals surface area contributed by atoms with Crippen molar-refractivity contribution in [3.8, 4) is 29.1 Å². The second-order valence-electron chi connectivity index (χ2n) is 15.9. The fourth-order valence-corrected chi connectivity index (χ4v) is 7.98. The molecule has 0 amide bonds. The van der Waals surface area contributed by atoms with E-state index in [1.54, 1.807) is 42.6 Å². The second-order valence-corrected chi connectivity index (χ2v) is 15.9. The van der Waals surface area contributed by atoms with Gasteiger partial charge in [-0.15, -0.1) is 5.76 Å². The van der Waals surface area contributed by atoms with Crippen LogP contribution in [-0.2, 0) is 24.1 Å². The molecule has 0 saturated carbocycles. The molecule has 0 radical (unpaired) electrons. The molecule has 9 nitrogen and oxygen atoms in total. The summed E-state index contributed by atoms with van der Waals surface area (Å²) in [5.74, 6) is 6.66. The lowest BCUT2D eigenvalue weighted by Crippen LogP contribution is -2.21. The molecule has 7 N–H and O–H groups in total. The maximum atomic E-state index is 13.7. The van der Waals surface area contributed by atoms with Gasteiger partial charge in [-0.2, -0.15) is 0 Å². The molecular weight excluding hydrogens is 751 g/mol. The molecule has 4 aromatic carbocycles. The number of aliphatic hydroxyl groups excluding tert-OH is 1. The number of carbonyl (C=O) groups excluding carboxylic acids is 1. The van der Waals surface area contributed by atoms with Crippen molar-refractivity contribution in [1.82, 2.24) is 0 Å². The monoisotopic (exact) mass is 806 g/mol. The van der Waals surface area contributed by atoms with Crippen LogP contribution in [0, 0.1) is 17.8 Å². The molecule has 9 heteroatoms. The Morgan fingerprint density at radius 1 is 0.933 bits per heavy atom. The number of fused-ring (bicyclic) bond motifs is 2. The minimum absolute atomic E-state index is 0.00435. The van der Waals surface area contributed by atoms with Crippen LogP contribution in [0.1, 0.15) is 109 Å². The Morgan fingerprint density at radius 3 is 2.50 bits per heavy atom. The van der Waals surface area contributed by atoms with Gasteiger partial charge >= 0.3 is 0 Å². The number of aryl methyl sites for hydroxylation is 2. The van der Waals surface area contributed by atoms with Gasteiger partial charge in [-0.05, 0) is 128 Å². The Bertz CT molecular complexity index is 2300. The molecule has 1 aliphatic carbocycles.